The molecule has 2 aromatic rings. The van der Waals surface area contributed by atoms with Crippen molar-refractivity contribution in [2.45, 2.75) is 13.3 Å². The highest BCUT2D eigenvalue weighted by atomic mass is 32.1. The highest BCUT2D eigenvalue weighted by Crippen LogP contribution is 2.22. The van der Waals surface area contributed by atoms with Crippen LogP contribution < -0.4 is 0 Å². The minimum absolute atomic E-state index is 0.205. The number of hydrogen-bond acceptors (Lipinski definition) is 3. The van der Waals surface area contributed by atoms with Crippen LogP contribution in [-0.4, -0.2) is 21.0 Å². The zero-order valence-electron chi connectivity index (χ0n) is 7.00. The lowest BCUT2D eigenvalue weighted by Crippen LogP contribution is -1.94. The molecule has 0 atom stereocenters. The van der Waals surface area contributed by atoms with Crippen molar-refractivity contribution in [3.63, 3.8) is 0 Å². The number of carboxylic acid groups (broad SMARTS) is 1. The third kappa shape index (κ3) is 1.31. The second-order valence-electron chi connectivity index (χ2n) is 2.66. The van der Waals surface area contributed by atoms with Gasteiger partial charge in [-0.1, -0.05) is 6.92 Å². The van der Waals surface area contributed by atoms with E-state index in [9.17, 15) is 4.79 Å². The van der Waals surface area contributed by atoms with Crippen LogP contribution in [0, 0.1) is 0 Å². The van der Waals surface area contributed by atoms with Crippen molar-refractivity contribution in [1.29, 1.82) is 0 Å². The molecule has 0 spiro atoms. The lowest BCUT2D eigenvalue weighted by molar-refractivity contribution is 0.0691. The van der Waals surface area contributed by atoms with Crippen molar-refractivity contribution in [1.82, 2.24) is 9.97 Å². The van der Waals surface area contributed by atoms with Gasteiger partial charge in [0.05, 0.1) is 5.01 Å². The predicted octanol–water partition coefficient (Wildman–Crippen LogP) is 1.89. The maximum absolute atomic E-state index is 10.6. The summed E-state index contributed by atoms with van der Waals surface area (Å²) in [6.45, 7) is 2.02. The molecule has 0 fully saturated rings. The summed E-state index contributed by atoms with van der Waals surface area (Å²) in [6, 6.07) is 1.56. The van der Waals surface area contributed by atoms with Crippen LogP contribution >= 0.6 is 11.3 Å². The number of carbonyl (C=O) groups is 1. The van der Waals surface area contributed by atoms with Crippen molar-refractivity contribution < 1.29 is 9.90 Å². The lowest BCUT2D eigenvalue weighted by Gasteiger charge is -1.84. The topological polar surface area (TPSA) is 66.0 Å². The Kier molecular flexibility index (Phi) is 1.81. The van der Waals surface area contributed by atoms with Gasteiger partial charge in [0.1, 0.15) is 16.0 Å². The van der Waals surface area contributed by atoms with E-state index in [1.165, 1.54) is 11.3 Å². The first-order valence-corrected chi connectivity index (χ1v) is 4.74. The zero-order valence-corrected chi connectivity index (χ0v) is 7.81. The number of aromatic amines is 1. The van der Waals surface area contributed by atoms with E-state index in [-0.39, 0.29) is 5.69 Å². The van der Waals surface area contributed by atoms with E-state index in [2.05, 4.69) is 9.97 Å². The van der Waals surface area contributed by atoms with Gasteiger partial charge in [-0.25, -0.2) is 9.78 Å². The molecular formula is C8H8N2O2S. The lowest BCUT2D eigenvalue weighted by atomic mass is 10.4. The predicted molar refractivity (Wildman–Crippen MR) is 50.3 cm³/mol. The largest absolute Gasteiger partial charge is 0.477 e. The third-order valence-electron chi connectivity index (χ3n) is 1.76. The summed E-state index contributed by atoms with van der Waals surface area (Å²) in [7, 11) is 0. The number of aromatic nitrogens is 2. The second-order valence-corrected chi connectivity index (χ2v) is 3.75. The Morgan fingerprint density at radius 3 is 3.08 bits per heavy atom. The number of hydrogen-bond donors (Lipinski definition) is 2. The van der Waals surface area contributed by atoms with Crippen molar-refractivity contribution in [2.75, 3.05) is 0 Å². The Balaban J connectivity index is 2.54. The van der Waals surface area contributed by atoms with Crippen LogP contribution in [0.1, 0.15) is 22.4 Å². The zero-order chi connectivity index (χ0) is 9.42. The highest BCUT2D eigenvalue weighted by molar-refractivity contribution is 7.18. The summed E-state index contributed by atoms with van der Waals surface area (Å²) in [6.07, 6.45) is 0.885. The van der Waals surface area contributed by atoms with Gasteiger partial charge in [-0.2, -0.15) is 0 Å². The molecule has 0 aliphatic rings. The normalized spacial score (nSPS) is 10.8. The molecule has 0 unspecified atom stereocenters. The Labute approximate surface area is 78.2 Å². The Morgan fingerprint density at radius 2 is 2.54 bits per heavy atom. The van der Waals surface area contributed by atoms with Crippen LogP contribution in [0.15, 0.2) is 6.07 Å². The smallest absolute Gasteiger partial charge is 0.352 e. The van der Waals surface area contributed by atoms with Crippen LogP contribution in [0.25, 0.3) is 10.3 Å². The fourth-order valence-corrected chi connectivity index (χ4v) is 2.02. The molecule has 0 aliphatic carbocycles. The second kappa shape index (κ2) is 2.85. The number of H-pyrrole nitrogens is 1. The van der Waals surface area contributed by atoms with Crippen LogP contribution in [0.5, 0.6) is 0 Å². The molecule has 2 heterocycles. The van der Waals surface area contributed by atoms with Gasteiger partial charge in [0.15, 0.2) is 0 Å². The Hall–Kier alpha value is -1.36. The third-order valence-corrected chi connectivity index (χ3v) is 2.89. The van der Waals surface area contributed by atoms with Crippen LogP contribution in [0.2, 0.25) is 0 Å². The molecule has 0 aliphatic heterocycles. The molecule has 5 heteroatoms. The minimum atomic E-state index is -0.941. The Morgan fingerprint density at radius 1 is 1.77 bits per heavy atom. The van der Waals surface area contributed by atoms with Gasteiger partial charge in [0.2, 0.25) is 0 Å². The van der Waals surface area contributed by atoms with Gasteiger partial charge in [-0.05, 0) is 12.5 Å². The molecule has 0 saturated heterocycles. The number of nitrogens with zero attached hydrogens (tertiary/aromatic N) is 1. The molecule has 4 nitrogen and oxygen atoms in total. The number of aryl methyl sites for hydroxylation is 1. The number of rotatable bonds is 2. The van der Waals surface area contributed by atoms with E-state index < -0.39 is 5.97 Å². The molecule has 2 aromatic heterocycles. The summed E-state index contributed by atoms with van der Waals surface area (Å²) in [4.78, 5) is 18.5. The van der Waals surface area contributed by atoms with E-state index in [0.717, 1.165) is 21.8 Å². The van der Waals surface area contributed by atoms with Crippen LogP contribution in [-0.2, 0) is 6.42 Å². The van der Waals surface area contributed by atoms with Gasteiger partial charge in [0, 0.05) is 0 Å². The van der Waals surface area contributed by atoms with Gasteiger partial charge in [-0.15, -0.1) is 11.3 Å². The van der Waals surface area contributed by atoms with Crippen LogP contribution in [0.4, 0.5) is 0 Å². The summed E-state index contributed by atoms with van der Waals surface area (Å²) < 4.78 is 0. The molecule has 0 radical (unpaired) electrons. The number of carboxylic acids is 1. The SMILES string of the molecule is CCc1nc2cc(C(=O)O)[nH]c2s1. The summed E-state index contributed by atoms with van der Waals surface area (Å²) in [5.74, 6) is -0.941. The maximum Gasteiger partial charge on any atom is 0.352 e. The first kappa shape index (κ1) is 8.25. The summed E-state index contributed by atoms with van der Waals surface area (Å²) in [5.41, 5.74) is 0.954. The van der Waals surface area contributed by atoms with Crippen molar-refractivity contribution in [3.8, 4) is 0 Å². The van der Waals surface area contributed by atoms with Crippen molar-refractivity contribution in [3.05, 3.63) is 16.8 Å². The molecule has 0 bridgehead atoms. The van der Waals surface area contributed by atoms with E-state index in [4.69, 9.17) is 5.11 Å². The quantitative estimate of drug-likeness (QED) is 0.770. The van der Waals surface area contributed by atoms with Crippen molar-refractivity contribution >= 4 is 27.7 Å². The van der Waals surface area contributed by atoms with Gasteiger partial charge >= 0.3 is 5.97 Å². The monoisotopic (exact) mass is 196 g/mol. The molecule has 0 saturated carbocycles. The number of nitrogens with one attached hydrogen (secondary N) is 1. The van der Waals surface area contributed by atoms with E-state index in [0.29, 0.717) is 0 Å². The fourth-order valence-electron chi connectivity index (χ4n) is 1.13. The number of fused-ring (bicyclic) bond motifs is 1. The average Bonchev–Trinajstić information content (AvgIpc) is 2.58. The van der Waals surface area contributed by atoms with Crippen molar-refractivity contribution in [2.24, 2.45) is 0 Å². The summed E-state index contributed by atoms with van der Waals surface area (Å²) >= 11 is 1.51. The molecule has 13 heavy (non-hydrogen) atoms. The van der Waals surface area contributed by atoms with E-state index in [1.54, 1.807) is 6.07 Å². The highest BCUT2D eigenvalue weighted by Gasteiger charge is 2.10. The molecular weight excluding hydrogens is 188 g/mol. The standard InChI is InChI=1S/C8H8N2O2S/c1-2-6-9-4-3-5(8(11)12)10-7(4)13-6/h3,10H,2H2,1H3,(H,11,12). The van der Waals surface area contributed by atoms with Gasteiger partial charge in [0.25, 0.3) is 0 Å². The number of thiazole rings is 1. The summed E-state index contributed by atoms with van der Waals surface area (Å²) in [5, 5.41) is 9.70. The first-order valence-electron chi connectivity index (χ1n) is 3.92. The molecule has 0 aromatic carbocycles. The molecule has 0 amide bonds. The fraction of sp³-hybridized carbons (Fsp3) is 0.250. The molecule has 68 valence electrons. The number of aromatic carboxylic acids is 1. The van der Waals surface area contributed by atoms with Gasteiger partial charge in [-0.3, -0.25) is 0 Å². The molecule has 2 rings (SSSR count). The molecule has 2 N–H and O–H groups in total. The first-order chi connectivity index (χ1) is 6.20. The maximum atomic E-state index is 10.6. The Bertz CT molecular complexity index is 426. The average molecular weight is 196 g/mol. The van der Waals surface area contributed by atoms with E-state index in [1.807, 2.05) is 6.92 Å². The van der Waals surface area contributed by atoms with E-state index >= 15 is 0 Å². The minimum Gasteiger partial charge on any atom is -0.477 e. The van der Waals surface area contributed by atoms with Gasteiger partial charge < -0.3 is 10.1 Å². The van der Waals surface area contributed by atoms with Crippen LogP contribution in [0.3, 0.4) is 0 Å².